The first-order valence-electron chi connectivity index (χ1n) is 5.79. The minimum Gasteiger partial charge on any atom is -0.339 e. The Morgan fingerprint density at radius 1 is 1.65 bits per heavy atom. The Bertz CT molecular complexity index is 407. The molecule has 1 aromatic heterocycles. The molecule has 2 rings (SSSR count). The Morgan fingerprint density at radius 2 is 2.41 bits per heavy atom. The molecule has 1 aliphatic heterocycles. The van der Waals surface area contributed by atoms with E-state index in [1.807, 2.05) is 24.1 Å². The molecular weight excluding hydrogens is 300 g/mol. The minimum atomic E-state index is 0.126. The smallest absolute Gasteiger partial charge is 0.263 e. The van der Waals surface area contributed by atoms with Gasteiger partial charge in [-0.25, -0.2) is 0 Å². The van der Waals surface area contributed by atoms with Crippen LogP contribution < -0.4 is 0 Å². The van der Waals surface area contributed by atoms with Gasteiger partial charge < -0.3 is 9.80 Å². The maximum atomic E-state index is 12.1. The predicted octanol–water partition coefficient (Wildman–Crippen LogP) is 2.68. The van der Waals surface area contributed by atoms with Gasteiger partial charge in [-0.05, 0) is 54.5 Å². The fraction of sp³-hybridized carbons (Fsp3) is 0.583. The van der Waals surface area contributed by atoms with Gasteiger partial charge in [0.1, 0.15) is 0 Å². The highest BCUT2D eigenvalue weighted by molar-refractivity contribution is 9.11. The summed E-state index contributed by atoms with van der Waals surface area (Å²) in [4.78, 5) is 17.1. The number of hydrogen-bond donors (Lipinski definition) is 0. The summed E-state index contributed by atoms with van der Waals surface area (Å²) >= 11 is 4.88. The highest BCUT2D eigenvalue weighted by atomic mass is 79.9. The Morgan fingerprint density at radius 3 is 2.94 bits per heavy atom. The van der Waals surface area contributed by atoms with E-state index in [0.717, 1.165) is 21.8 Å². The van der Waals surface area contributed by atoms with Gasteiger partial charge in [0.25, 0.3) is 5.91 Å². The van der Waals surface area contributed by atoms with Crippen LogP contribution >= 0.6 is 27.3 Å². The molecule has 1 saturated heterocycles. The first-order valence-corrected chi connectivity index (χ1v) is 7.40. The molecule has 1 aliphatic rings. The maximum Gasteiger partial charge on any atom is 0.263 e. The van der Waals surface area contributed by atoms with Gasteiger partial charge in [0.15, 0.2) is 0 Å². The van der Waals surface area contributed by atoms with Gasteiger partial charge in [0.05, 0.1) is 8.66 Å². The molecule has 1 unspecified atom stereocenters. The molecule has 2 heterocycles. The summed E-state index contributed by atoms with van der Waals surface area (Å²) in [6.07, 6.45) is 2.44. The zero-order valence-electron chi connectivity index (χ0n) is 10.1. The second-order valence-corrected chi connectivity index (χ2v) is 7.03. The quantitative estimate of drug-likeness (QED) is 0.856. The summed E-state index contributed by atoms with van der Waals surface area (Å²) in [5.41, 5.74) is 0. The third-order valence-electron chi connectivity index (χ3n) is 3.29. The summed E-state index contributed by atoms with van der Waals surface area (Å²) in [5.74, 6) is 0.126. The number of likely N-dealkylation sites (N-methyl/N-ethyl adjacent to an activating group) is 2. The zero-order valence-corrected chi connectivity index (χ0v) is 12.6. The van der Waals surface area contributed by atoms with E-state index in [2.05, 4.69) is 27.9 Å². The van der Waals surface area contributed by atoms with E-state index in [1.54, 1.807) is 0 Å². The van der Waals surface area contributed by atoms with Gasteiger partial charge in [0.2, 0.25) is 0 Å². The molecule has 0 bridgehead atoms. The first-order chi connectivity index (χ1) is 8.08. The number of nitrogens with zero attached hydrogens (tertiary/aromatic N) is 2. The van der Waals surface area contributed by atoms with Crippen LogP contribution in [-0.2, 0) is 0 Å². The lowest BCUT2D eigenvalue weighted by Gasteiger charge is -2.25. The van der Waals surface area contributed by atoms with Gasteiger partial charge in [-0.1, -0.05) is 0 Å². The monoisotopic (exact) mass is 316 g/mol. The average molecular weight is 317 g/mol. The molecule has 3 nitrogen and oxygen atoms in total. The van der Waals surface area contributed by atoms with Crippen molar-refractivity contribution in [2.24, 2.45) is 0 Å². The van der Waals surface area contributed by atoms with Crippen LogP contribution in [0.3, 0.4) is 0 Å². The van der Waals surface area contributed by atoms with E-state index in [-0.39, 0.29) is 5.91 Å². The van der Waals surface area contributed by atoms with E-state index >= 15 is 0 Å². The Balaban J connectivity index is 1.95. The molecule has 0 radical (unpaired) electrons. The van der Waals surface area contributed by atoms with Gasteiger partial charge in [-0.3, -0.25) is 4.79 Å². The maximum absolute atomic E-state index is 12.1. The van der Waals surface area contributed by atoms with Crippen LogP contribution in [0.2, 0.25) is 0 Å². The number of likely N-dealkylation sites (tertiary alicyclic amines) is 1. The largest absolute Gasteiger partial charge is 0.339 e. The molecule has 5 heteroatoms. The van der Waals surface area contributed by atoms with Crippen molar-refractivity contribution in [3.8, 4) is 0 Å². The molecule has 0 saturated carbocycles. The van der Waals surface area contributed by atoms with Crippen LogP contribution in [-0.4, -0.2) is 48.9 Å². The minimum absolute atomic E-state index is 0.126. The predicted molar refractivity (Wildman–Crippen MR) is 74.6 cm³/mol. The summed E-state index contributed by atoms with van der Waals surface area (Å²) in [7, 11) is 4.03. The Labute approximate surface area is 115 Å². The number of amides is 1. The van der Waals surface area contributed by atoms with E-state index in [0.29, 0.717) is 6.04 Å². The summed E-state index contributed by atoms with van der Waals surface area (Å²) in [6, 6.07) is 4.33. The van der Waals surface area contributed by atoms with Crippen LogP contribution in [0.5, 0.6) is 0 Å². The van der Waals surface area contributed by atoms with Crippen molar-refractivity contribution >= 4 is 33.2 Å². The number of hydrogen-bond acceptors (Lipinski definition) is 3. The summed E-state index contributed by atoms with van der Waals surface area (Å²) in [5, 5.41) is 0. The van der Waals surface area contributed by atoms with Crippen molar-refractivity contribution in [2.75, 3.05) is 27.2 Å². The second-order valence-electron chi connectivity index (χ2n) is 4.57. The lowest BCUT2D eigenvalue weighted by molar-refractivity contribution is 0.0766. The first kappa shape index (κ1) is 13.1. The van der Waals surface area contributed by atoms with Crippen LogP contribution in [0.1, 0.15) is 22.5 Å². The summed E-state index contributed by atoms with van der Waals surface area (Å²) < 4.78 is 1.01. The Kier molecular flexibility index (Phi) is 4.22. The van der Waals surface area contributed by atoms with E-state index < -0.39 is 0 Å². The number of carbonyl (C=O) groups is 1. The highest BCUT2D eigenvalue weighted by Gasteiger charge is 2.24. The van der Waals surface area contributed by atoms with Crippen molar-refractivity contribution in [2.45, 2.75) is 18.9 Å². The van der Waals surface area contributed by atoms with E-state index in [9.17, 15) is 4.79 Å². The van der Waals surface area contributed by atoms with Crippen molar-refractivity contribution < 1.29 is 4.79 Å². The van der Waals surface area contributed by atoms with Crippen LogP contribution in [0.25, 0.3) is 0 Å². The molecule has 0 spiro atoms. The van der Waals surface area contributed by atoms with Crippen LogP contribution in [0.15, 0.2) is 15.9 Å². The number of rotatable bonds is 3. The fourth-order valence-corrected chi connectivity index (χ4v) is 3.61. The molecular formula is C12H17BrN2OS. The lowest BCUT2D eigenvalue weighted by Crippen LogP contribution is -2.39. The molecule has 0 aliphatic carbocycles. The highest BCUT2D eigenvalue weighted by Crippen LogP contribution is 2.23. The molecule has 0 N–H and O–H groups in total. The third-order valence-corrected chi connectivity index (χ3v) is 4.90. The van der Waals surface area contributed by atoms with Crippen LogP contribution in [0, 0.1) is 0 Å². The molecule has 1 atom stereocenters. The lowest BCUT2D eigenvalue weighted by atomic mass is 10.2. The topological polar surface area (TPSA) is 23.6 Å². The molecule has 1 aromatic rings. The molecule has 94 valence electrons. The van der Waals surface area contributed by atoms with Crippen molar-refractivity contribution in [3.05, 3.63) is 20.8 Å². The Hall–Kier alpha value is -0.390. The van der Waals surface area contributed by atoms with Gasteiger partial charge in [-0.15, -0.1) is 11.3 Å². The van der Waals surface area contributed by atoms with Gasteiger partial charge >= 0.3 is 0 Å². The molecule has 1 fully saturated rings. The standard InChI is InChI=1S/C12H17BrN2OS/c1-14-7-3-4-9(14)8-15(2)12(16)10-5-6-11(13)17-10/h5-6,9H,3-4,7-8H2,1-2H3. The van der Waals surface area contributed by atoms with Gasteiger partial charge in [-0.2, -0.15) is 0 Å². The number of halogens is 1. The van der Waals surface area contributed by atoms with Crippen molar-refractivity contribution in [1.82, 2.24) is 9.80 Å². The number of thiophene rings is 1. The number of carbonyl (C=O) groups excluding carboxylic acids is 1. The summed E-state index contributed by atoms with van der Waals surface area (Å²) in [6.45, 7) is 1.97. The third kappa shape index (κ3) is 3.09. The van der Waals surface area contributed by atoms with Crippen molar-refractivity contribution in [1.29, 1.82) is 0 Å². The van der Waals surface area contributed by atoms with Gasteiger partial charge in [0, 0.05) is 19.6 Å². The average Bonchev–Trinajstić information content (AvgIpc) is 2.88. The second kappa shape index (κ2) is 5.50. The molecule has 1 amide bonds. The molecule has 17 heavy (non-hydrogen) atoms. The van der Waals surface area contributed by atoms with E-state index in [1.165, 1.54) is 24.2 Å². The van der Waals surface area contributed by atoms with E-state index in [4.69, 9.17) is 0 Å². The fourth-order valence-electron chi connectivity index (χ4n) is 2.23. The SMILES string of the molecule is CN(CC1CCCN1C)C(=O)c1ccc(Br)s1. The van der Waals surface area contributed by atoms with Crippen LogP contribution in [0.4, 0.5) is 0 Å². The zero-order chi connectivity index (χ0) is 12.4. The molecule has 0 aromatic carbocycles. The normalized spacial score (nSPS) is 20.8. The van der Waals surface area contributed by atoms with Crippen molar-refractivity contribution in [3.63, 3.8) is 0 Å².